The van der Waals surface area contributed by atoms with Gasteiger partial charge in [0.05, 0.1) is 23.3 Å². The molecule has 2 aromatic heterocycles. The highest BCUT2D eigenvalue weighted by molar-refractivity contribution is 6.33. The lowest BCUT2D eigenvalue weighted by atomic mass is 10.0. The number of aromatic amines is 1. The topological polar surface area (TPSA) is 155 Å². The van der Waals surface area contributed by atoms with Crippen LogP contribution in [0.5, 0.6) is 0 Å². The van der Waals surface area contributed by atoms with E-state index in [-0.39, 0.29) is 28.5 Å². The van der Waals surface area contributed by atoms with Crippen molar-refractivity contribution < 1.29 is 22.0 Å². The first-order valence-corrected chi connectivity index (χ1v) is 9.77. The average Bonchev–Trinajstić information content (AvgIpc) is 3.26. The molecule has 0 bridgehead atoms. The van der Waals surface area contributed by atoms with Gasteiger partial charge in [-0.15, -0.1) is 0 Å². The van der Waals surface area contributed by atoms with Gasteiger partial charge in [-0.1, -0.05) is 6.92 Å². The number of rotatable bonds is 7. The molecule has 1 aromatic carbocycles. The van der Waals surface area contributed by atoms with E-state index in [0.717, 1.165) is 24.5 Å². The Morgan fingerprint density at radius 1 is 1.17 bits per heavy atom. The Bertz CT molecular complexity index is 1310. The van der Waals surface area contributed by atoms with E-state index in [0.29, 0.717) is 23.7 Å². The molecule has 0 radical (unpaired) electrons. The Morgan fingerprint density at radius 2 is 1.86 bits per heavy atom. The Kier molecular flexibility index (Phi) is 7.32. The van der Waals surface area contributed by atoms with Gasteiger partial charge in [0.25, 0.3) is 0 Å². The second-order valence-corrected chi connectivity index (χ2v) is 7.08. The van der Waals surface area contributed by atoms with Gasteiger partial charge in [0, 0.05) is 41.2 Å². The molecule has 0 aliphatic carbocycles. The summed E-state index contributed by atoms with van der Waals surface area (Å²) in [4.78, 5) is 17.3. The third kappa shape index (κ3) is 5.72. The summed E-state index contributed by atoms with van der Waals surface area (Å²) in [5.74, 6) is 1.81. The quantitative estimate of drug-likeness (QED) is 0.130. The minimum Gasteiger partial charge on any atom is -0.382 e. The fraction of sp³-hybridized carbons (Fsp3) is 0.143. The predicted molar refractivity (Wildman–Crippen MR) is 121 cm³/mol. The van der Waals surface area contributed by atoms with E-state index < -0.39 is 29.6 Å². The zero-order valence-corrected chi connectivity index (χ0v) is 18.0. The van der Waals surface area contributed by atoms with Crippen molar-refractivity contribution in [1.29, 1.82) is 5.41 Å². The summed E-state index contributed by atoms with van der Waals surface area (Å²) in [5.41, 5.74) is 7.09. The Labute approximate surface area is 195 Å². The lowest BCUT2D eigenvalue weighted by molar-refractivity contribution is -0.144. The van der Waals surface area contributed by atoms with Crippen molar-refractivity contribution in [3.63, 3.8) is 0 Å². The van der Waals surface area contributed by atoms with E-state index in [1.807, 2.05) is 0 Å². The predicted octanol–water partition coefficient (Wildman–Crippen LogP) is 3.90. The lowest BCUT2D eigenvalue weighted by Crippen LogP contribution is -2.17. The molecule has 0 saturated carbocycles. The number of benzene rings is 1. The maximum atomic E-state index is 13.9. The minimum absolute atomic E-state index is 0.123. The third-order valence-electron chi connectivity index (χ3n) is 4.82. The second-order valence-electron chi connectivity index (χ2n) is 7.08. The SMILES string of the molecule is CC(C(C=Nc1ccc(F)cc1F)=NN)c1cc(-c2cnc(C(F)(F)F)nc2)c(C(N)=NC=N)[nH]1. The van der Waals surface area contributed by atoms with Gasteiger partial charge in [0.2, 0.25) is 5.82 Å². The molecular formula is C21H18F5N9. The van der Waals surface area contributed by atoms with Gasteiger partial charge in [-0.2, -0.15) is 18.3 Å². The number of aliphatic imine (C=N–C) groups is 2. The number of halogens is 5. The van der Waals surface area contributed by atoms with Crippen LogP contribution in [0, 0.1) is 17.0 Å². The van der Waals surface area contributed by atoms with Crippen LogP contribution < -0.4 is 11.6 Å². The highest BCUT2D eigenvalue weighted by Crippen LogP contribution is 2.30. The summed E-state index contributed by atoms with van der Waals surface area (Å²) in [6, 6.07) is 4.41. The maximum Gasteiger partial charge on any atom is 0.451 e. The normalized spacial score (nSPS) is 13.9. The molecule has 1 unspecified atom stereocenters. The van der Waals surface area contributed by atoms with E-state index in [2.05, 4.69) is 30.0 Å². The zero-order valence-electron chi connectivity index (χ0n) is 18.0. The first-order chi connectivity index (χ1) is 16.5. The monoisotopic (exact) mass is 491 g/mol. The van der Waals surface area contributed by atoms with Gasteiger partial charge in [0.15, 0.2) is 5.82 Å². The number of nitrogens with one attached hydrogen (secondary N) is 2. The minimum atomic E-state index is -4.71. The van der Waals surface area contributed by atoms with Gasteiger partial charge in [-0.3, -0.25) is 10.4 Å². The Hall–Kier alpha value is -4.49. The average molecular weight is 491 g/mol. The van der Waals surface area contributed by atoms with E-state index in [1.165, 1.54) is 6.21 Å². The van der Waals surface area contributed by atoms with Crippen LogP contribution in [0.2, 0.25) is 0 Å². The van der Waals surface area contributed by atoms with Crippen LogP contribution in [0.4, 0.5) is 27.6 Å². The number of aromatic nitrogens is 3. The molecule has 1 atom stereocenters. The molecule has 35 heavy (non-hydrogen) atoms. The number of nitrogens with zero attached hydrogens (tertiary/aromatic N) is 5. The van der Waals surface area contributed by atoms with Crippen LogP contribution in [0.25, 0.3) is 11.1 Å². The summed E-state index contributed by atoms with van der Waals surface area (Å²) in [6.45, 7) is 1.67. The summed E-state index contributed by atoms with van der Waals surface area (Å²) in [6.07, 6.45) is -0.868. The van der Waals surface area contributed by atoms with Crippen LogP contribution in [0.15, 0.2) is 51.7 Å². The van der Waals surface area contributed by atoms with Gasteiger partial charge in [-0.25, -0.2) is 23.7 Å². The van der Waals surface area contributed by atoms with Gasteiger partial charge in [0.1, 0.15) is 18.0 Å². The molecule has 0 fully saturated rings. The van der Waals surface area contributed by atoms with Crippen molar-refractivity contribution in [2.24, 2.45) is 26.7 Å². The van der Waals surface area contributed by atoms with E-state index in [1.54, 1.807) is 13.0 Å². The smallest absolute Gasteiger partial charge is 0.382 e. The molecule has 0 aliphatic rings. The molecule has 3 rings (SSSR count). The molecule has 6 N–H and O–H groups in total. The van der Waals surface area contributed by atoms with Crippen molar-refractivity contribution in [2.75, 3.05) is 0 Å². The molecule has 0 spiro atoms. The summed E-state index contributed by atoms with van der Waals surface area (Å²) < 4.78 is 65.5. The number of hydrazone groups is 1. The number of hydrogen-bond donors (Lipinski definition) is 4. The molecule has 0 amide bonds. The molecule has 3 aromatic rings. The first-order valence-electron chi connectivity index (χ1n) is 9.77. The molecule has 182 valence electrons. The highest BCUT2D eigenvalue weighted by Gasteiger charge is 2.34. The molecule has 9 nitrogen and oxygen atoms in total. The number of alkyl halides is 3. The van der Waals surface area contributed by atoms with Crippen molar-refractivity contribution in [1.82, 2.24) is 15.0 Å². The van der Waals surface area contributed by atoms with E-state index in [9.17, 15) is 22.0 Å². The Morgan fingerprint density at radius 3 is 2.43 bits per heavy atom. The Balaban J connectivity index is 2.00. The first kappa shape index (κ1) is 25.1. The number of H-pyrrole nitrogens is 1. The van der Waals surface area contributed by atoms with Crippen LogP contribution in [-0.4, -0.2) is 39.1 Å². The number of hydrogen-bond acceptors (Lipinski definition) is 6. The fourth-order valence-corrected chi connectivity index (χ4v) is 3.02. The molecule has 0 saturated heterocycles. The largest absolute Gasteiger partial charge is 0.451 e. The summed E-state index contributed by atoms with van der Waals surface area (Å²) in [5, 5.41) is 10.8. The molecule has 14 heteroatoms. The van der Waals surface area contributed by atoms with Crippen molar-refractivity contribution in [3.05, 3.63) is 65.5 Å². The van der Waals surface area contributed by atoms with Crippen LogP contribution >= 0.6 is 0 Å². The van der Waals surface area contributed by atoms with E-state index in [4.69, 9.17) is 17.0 Å². The van der Waals surface area contributed by atoms with Gasteiger partial charge in [-0.05, 0) is 18.2 Å². The van der Waals surface area contributed by atoms with Crippen molar-refractivity contribution in [2.45, 2.75) is 19.0 Å². The molecular weight excluding hydrogens is 473 g/mol. The van der Waals surface area contributed by atoms with Crippen LogP contribution in [0.1, 0.15) is 30.1 Å². The molecule has 2 heterocycles. The van der Waals surface area contributed by atoms with Gasteiger partial charge >= 0.3 is 6.18 Å². The maximum absolute atomic E-state index is 13.9. The van der Waals surface area contributed by atoms with Crippen LogP contribution in [-0.2, 0) is 6.18 Å². The standard InChI is InChI=1S/C21H18F5N9/c1-10(17(35-29)8-30-15-3-2-12(22)4-14(15)23)16-5-13(18(34-16)19(28)33-9-27)11-6-31-20(32-7-11)21(24,25)26/h2-10,34H,29H2,1H3,(H3,27,28,33). The third-order valence-corrected chi connectivity index (χ3v) is 4.82. The van der Waals surface area contributed by atoms with E-state index >= 15 is 0 Å². The fourth-order valence-electron chi connectivity index (χ4n) is 3.02. The van der Waals surface area contributed by atoms with Gasteiger partial charge < -0.3 is 16.6 Å². The second kappa shape index (κ2) is 10.2. The summed E-state index contributed by atoms with van der Waals surface area (Å²) >= 11 is 0. The van der Waals surface area contributed by atoms with Crippen molar-refractivity contribution in [3.8, 4) is 11.1 Å². The summed E-state index contributed by atoms with van der Waals surface area (Å²) in [7, 11) is 0. The lowest BCUT2D eigenvalue weighted by Gasteiger charge is -2.09. The van der Waals surface area contributed by atoms with Crippen molar-refractivity contribution >= 4 is 29.8 Å². The number of nitrogens with two attached hydrogens (primary N) is 2. The highest BCUT2D eigenvalue weighted by atomic mass is 19.4. The van der Waals surface area contributed by atoms with Crippen LogP contribution in [0.3, 0.4) is 0 Å². The number of amidine groups is 1. The zero-order chi connectivity index (χ0) is 25.8. The molecule has 0 aliphatic heterocycles.